The van der Waals surface area contributed by atoms with Crippen LogP contribution in [0.5, 0.6) is 0 Å². The molecular formula is C18H16FN3O3. The summed E-state index contributed by atoms with van der Waals surface area (Å²) in [7, 11) is 0. The predicted octanol–water partition coefficient (Wildman–Crippen LogP) is 2.44. The number of rotatable bonds is 4. The average molecular weight is 341 g/mol. The average Bonchev–Trinajstić information content (AvgIpc) is 2.90. The molecule has 1 fully saturated rings. The number of nitrogens with one attached hydrogen (secondary N) is 2. The lowest BCUT2D eigenvalue weighted by Gasteiger charge is -2.12. The van der Waals surface area contributed by atoms with Crippen molar-refractivity contribution >= 4 is 23.5 Å². The van der Waals surface area contributed by atoms with E-state index in [1.807, 2.05) is 0 Å². The molecule has 0 radical (unpaired) electrons. The maximum Gasteiger partial charge on any atom is 0.324 e. The van der Waals surface area contributed by atoms with Gasteiger partial charge in [-0.25, -0.2) is 9.18 Å². The van der Waals surface area contributed by atoms with Gasteiger partial charge >= 0.3 is 6.03 Å². The van der Waals surface area contributed by atoms with Gasteiger partial charge in [0.05, 0.1) is 18.8 Å². The second kappa shape index (κ2) is 6.72. The highest BCUT2D eigenvalue weighted by molar-refractivity contribution is 6.04. The van der Waals surface area contributed by atoms with E-state index in [0.717, 1.165) is 10.5 Å². The second-order valence-corrected chi connectivity index (χ2v) is 5.77. The van der Waals surface area contributed by atoms with E-state index in [0.29, 0.717) is 11.1 Å². The molecule has 2 aromatic carbocycles. The second-order valence-electron chi connectivity index (χ2n) is 5.77. The van der Waals surface area contributed by atoms with Crippen LogP contribution >= 0.6 is 0 Å². The number of aryl methyl sites for hydroxylation is 1. The number of halogens is 1. The lowest BCUT2D eigenvalue weighted by atomic mass is 10.1. The molecule has 0 unspecified atom stereocenters. The minimum Gasteiger partial charge on any atom is -0.329 e. The Hall–Kier alpha value is -3.22. The first-order valence-corrected chi connectivity index (χ1v) is 7.68. The van der Waals surface area contributed by atoms with Crippen molar-refractivity contribution in [3.63, 3.8) is 0 Å². The van der Waals surface area contributed by atoms with E-state index in [9.17, 15) is 18.8 Å². The molecule has 2 aromatic rings. The molecule has 0 spiro atoms. The molecule has 3 rings (SSSR count). The van der Waals surface area contributed by atoms with Gasteiger partial charge in [0.25, 0.3) is 5.91 Å². The Balaban J connectivity index is 1.68. The Kier molecular flexibility index (Phi) is 4.47. The first-order valence-electron chi connectivity index (χ1n) is 7.68. The zero-order chi connectivity index (χ0) is 18.0. The van der Waals surface area contributed by atoms with Crippen LogP contribution in [-0.4, -0.2) is 29.3 Å². The third kappa shape index (κ3) is 3.65. The van der Waals surface area contributed by atoms with Gasteiger partial charge < -0.3 is 10.6 Å². The molecule has 1 aliphatic heterocycles. The Bertz CT molecular complexity index is 833. The minimum atomic E-state index is -0.497. The Morgan fingerprint density at radius 3 is 2.52 bits per heavy atom. The largest absolute Gasteiger partial charge is 0.329 e. The summed E-state index contributed by atoms with van der Waals surface area (Å²) in [4.78, 5) is 36.4. The van der Waals surface area contributed by atoms with Crippen molar-refractivity contribution in [1.29, 1.82) is 0 Å². The van der Waals surface area contributed by atoms with Crippen LogP contribution in [0.4, 0.5) is 14.9 Å². The fraction of sp³-hybridized carbons (Fsp3) is 0.167. The lowest BCUT2D eigenvalue weighted by Crippen LogP contribution is -2.30. The van der Waals surface area contributed by atoms with E-state index < -0.39 is 17.8 Å². The van der Waals surface area contributed by atoms with Gasteiger partial charge in [-0.15, -0.1) is 0 Å². The number of hydrogen-bond acceptors (Lipinski definition) is 3. The number of nitrogens with zero attached hydrogens (tertiary/aromatic N) is 1. The number of carbonyl (C=O) groups excluding carboxylic acids is 3. The van der Waals surface area contributed by atoms with Crippen LogP contribution in [0.1, 0.15) is 21.5 Å². The van der Waals surface area contributed by atoms with Gasteiger partial charge in [-0.3, -0.25) is 14.5 Å². The number of urea groups is 1. The third-order valence-electron chi connectivity index (χ3n) is 3.87. The Morgan fingerprint density at radius 2 is 1.92 bits per heavy atom. The molecule has 0 atom stereocenters. The molecule has 0 aromatic heterocycles. The highest BCUT2D eigenvalue weighted by Crippen LogP contribution is 2.17. The number of imide groups is 1. The number of carbonyl (C=O) groups is 3. The molecule has 4 amide bonds. The summed E-state index contributed by atoms with van der Waals surface area (Å²) in [6, 6.07) is 10.6. The number of benzene rings is 2. The predicted molar refractivity (Wildman–Crippen MR) is 89.5 cm³/mol. The minimum absolute atomic E-state index is 0.00143. The SMILES string of the molecule is Cc1ccc(NC(=O)c2ccc(CN3C(=O)CNC3=O)cc2)c(F)c1. The molecule has 6 nitrogen and oxygen atoms in total. The number of anilines is 1. The highest BCUT2D eigenvalue weighted by atomic mass is 19.1. The zero-order valence-electron chi connectivity index (χ0n) is 13.5. The van der Waals surface area contributed by atoms with Gasteiger partial charge in [0, 0.05) is 5.56 Å². The summed E-state index contributed by atoms with van der Waals surface area (Å²) >= 11 is 0. The smallest absolute Gasteiger partial charge is 0.324 e. The van der Waals surface area contributed by atoms with Gasteiger partial charge in [0.15, 0.2) is 0 Å². The maximum absolute atomic E-state index is 13.8. The fourth-order valence-electron chi connectivity index (χ4n) is 2.48. The zero-order valence-corrected chi connectivity index (χ0v) is 13.5. The van der Waals surface area contributed by atoms with E-state index in [1.165, 1.54) is 12.1 Å². The monoisotopic (exact) mass is 341 g/mol. The Labute approximate surface area is 143 Å². The van der Waals surface area contributed by atoms with E-state index in [4.69, 9.17) is 0 Å². The van der Waals surface area contributed by atoms with Crippen LogP contribution in [0, 0.1) is 12.7 Å². The van der Waals surface area contributed by atoms with E-state index in [2.05, 4.69) is 10.6 Å². The normalized spacial score (nSPS) is 13.8. The maximum atomic E-state index is 13.8. The fourth-order valence-corrected chi connectivity index (χ4v) is 2.48. The van der Waals surface area contributed by atoms with Crippen LogP contribution in [0.15, 0.2) is 42.5 Å². The molecule has 7 heteroatoms. The van der Waals surface area contributed by atoms with Crippen molar-refractivity contribution in [2.45, 2.75) is 13.5 Å². The summed E-state index contributed by atoms with van der Waals surface area (Å²) in [5, 5.41) is 4.96. The topological polar surface area (TPSA) is 78.5 Å². The molecule has 1 aliphatic rings. The number of hydrogen-bond donors (Lipinski definition) is 2. The van der Waals surface area contributed by atoms with Crippen LogP contribution < -0.4 is 10.6 Å². The molecule has 1 heterocycles. The van der Waals surface area contributed by atoms with Crippen LogP contribution in [0.25, 0.3) is 0 Å². The summed E-state index contributed by atoms with van der Waals surface area (Å²) in [5.74, 6) is -1.23. The first kappa shape index (κ1) is 16.6. The molecule has 1 saturated heterocycles. The summed E-state index contributed by atoms with van der Waals surface area (Å²) < 4.78 is 13.8. The van der Waals surface area contributed by atoms with Crippen molar-refractivity contribution in [2.75, 3.05) is 11.9 Å². The summed E-state index contributed by atoms with van der Waals surface area (Å²) in [6.45, 7) is 1.90. The summed E-state index contributed by atoms with van der Waals surface area (Å²) in [5.41, 5.74) is 1.93. The molecule has 128 valence electrons. The van der Waals surface area contributed by atoms with Gasteiger partial charge in [-0.1, -0.05) is 18.2 Å². The quantitative estimate of drug-likeness (QED) is 0.839. The van der Waals surface area contributed by atoms with Gasteiger partial charge in [0.1, 0.15) is 5.82 Å². The van der Waals surface area contributed by atoms with Crippen molar-refractivity contribution in [2.24, 2.45) is 0 Å². The van der Waals surface area contributed by atoms with E-state index in [-0.39, 0.29) is 24.7 Å². The molecule has 0 saturated carbocycles. The molecule has 0 bridgehead atoms. The van der Waals surface area contributed by atoms with Gasteiger partial charge in [0.2, 0.25) is 5.91 Å². The molecule has 0 aliphatic carbocycles. The van der Waals surface area contributed by atoms with Crippen molar-refractivity contribution in [3.8, 4) is 0 Å². The molecular weight excluding hydrogens is 325 g/mol. The van der Waals surface area contributed by atoms with Gasteiger partial charge in [-0.2, -0.15) is 0 Å². The Morgan fingerprint density at radius 1 is 1.20 bits per heavy atom. The molecule has 25 heavy (non-hydrogen) atoms. The number of amides is 4. The van der Waals surface area contributed by atoms with Crippen molar-refractivity contribution < 1.29 is 18.8 Å². The van der Waals surface area contributed by atoms with Gasteiger partial charge in [-0.05, 0) is 42.3 Å². The first-order chi connectivity index (χ1) is 11.9. The van der Waals surface area contributed by atoms with E-state index in [1.54, 1.807) is 37.3 Å². The van der Waals surface area contributed by atoms with Crippen molar-refractivity contribution in [1.82, 2.24) is 10.2 Å². The van der Waals surface area contributed by atoms with Crippen LogP contribution in [0.3, 0.4) is 0 Å². The molecule has 2 N–H and O–H groups in total. The van der Waals surface area contributed by atoms with Crippen LogP contribution in [0.2, 0.25) is 0 Å². The highest BCUT2D eigenvalue weighted by Gasteiger charge is 2.28. The van der Waals surface area contributed by atoms with E-state index >= 15 is 0 Å². The third-order valence-corrected chi connectivity index (χ3v) is 3.87. The standard InChI is InChI=1S/C18H16FN3O3/c1-11-2-7-15(14(19)8-11)21-17(24)13-5-3-12(4-6-13)10-22-16(23)9-20-18(22)25/h2-8H,9-10H2,1H3,(H,20,25)(H,21,24). The lowest BCUT2D eigenvalue weighted by molar-refractivity contribution is -0.125. The van der Waals surface area contributed by atoms with Crippen LogP contribution in [-0.2, 0) is 11.3 Å². The van der Waals surface area contributed by atoms with Crippen molar-refractivity contribution in [3.05, 3.63) is 65.0 Å². The summed E-state index contributed by atoms with van der Waals surface area (Å²) in [6.07, 6.45) is 0.